The summed E-state index contributed by atoms with van der Waals surface area (Å²) in [5, 5.41) is 12.6. The molecule has 25 heavy (non-hydrogen) atoms. The molecule has 1 N–H and O–H groups in total. The van der Waals surface area contributed by atoms with E-state index in [9.17, 15) is 10.1 Å². The van der Waals surface area contributed by atoms with Gasteiger partial charge in [-0.2, -0.15) is 5.26 Å². The minimum atomic E-state index is -0.659. The number of nitriles is 1. The predicted octanol–water partition coefficient (Wildman–Crippen LogP) is 1.33. The van der Waals surface area contributed by atoms with Crippen LogP contribution < -0.4 is 10.2 Å². The molecule has 3 rings (SSSR count). The first-order chi connectivity index (χ1) is 12.2. The van der Waals surface area contributed by atoms with E-state index in [1.807, 2.05) is 6.07 Å². The fourth-order valence-electron chi connectivity index (χ4n) is 3.67. The van der Waals surface area contributed by atoms with Crippen LogP contribution in [0, 0.1) is 11.3 Å². The predicted molar refractivity (Wildman–Crippen MR) is 94.9 cm³/mol. The third-order valence-electron chi connectivity index (χ3n) is 5.12. The van der Waals surface area contributed by atoms with Gasteiger partial charge in [0.05, 0.1) is 12.6 Å². The van der Waals surface area contributed by atoms with Gasteiger partial charge >= 0.3 is 0 Å². The minimum Gasteiger partial charge on any atom is -0.338 e. The van der Waals surface area contributed by atoms with Crippen molar-refractivity contribution in [1.29, 1.82) is 5.26 Å². The van der Waals surface area contributed by atoms with Gasteiger partial charge in [0, 0.05) is 38.6 Å². The van der Waals surface area contributed by atoms with Gasteiger partial charge in [-0.05, 0) is 18.9 Å². The minimum absolute atomic E-state index is 0.0344. The van der Waals surface area contributed by atoms with Gasteiger partial charge in [0.2, 0.25) is 11.9 Å². The molecule has 1 saturated carbocycles. The number of rotatable bonds is 4. The van der Waals surface area contributed by atoms with Crippen molar-refractivity contribution in [3.63, 3.8) is 0 Å². The number of hydrogen-bond donors (Lipinski definition) is 1. The summed E-state index contributed by atoms with van der Waals surface area (Å²) in [6, 6.07) is 4.19. The lowest BCUT2D eigenvalue weighted by Gasteiger charge is -2.35. The van der Waals surface area contributed by atoms with Crippen LogP contribution in [0.25, 0.3) is 0 Å². The number of anilines is 1. The smallest absolute Gasteiger partial charge is 0.235 e. The molecule has 1 aliphatic heterocycles. The number of aromatic nitrogens is 2. The first-order valence-corrected chi connectivity index (χ1v) is 9.17. The van der Waals surface area contributed by atoms with Gasteiger partial charge < -0.3 is 10.2 Å². The molecule has 7 heteroatoms. The van der Waals surface area contributed by atoms with Crippen LogP contribution in [-0.2, 0) is 4.79 Å². The van der Waals surface area contributed by atoms with Crippen LogP contribution in [0.4, 0.5) is 5.95 Å². The maximum Gasteiger partial charge on any atom is 0.235 e. The molecule has 1 aromatic rings. The monoisotopic (exact) mass is 342 g/mol. The highest BCUT2D eigenvalue weighted by molar-refractivity contribution is 5.79. The Morgan fingerprint density at radius 1 is 1.12 bits per heavy atom. The number of piperazine rings is 1. The van der Waals surface area contributed by atoms with Crippen LogP contribution in [0.15, 0.2) is 18.5 Å². The summed E-state index contributed by atoms with van der Waals surface area (Å²) >= 11 is 0. The maximum absolute atomic E-state index is 12.5. The molecule has 2 aliphatic rings. The Hall–Kier alpha value is -2.20. The molecule has 134 valence electrons. The van der Waals surface area contributed by atoms with E-state index in [0.29, 0.717) is 6.54 Å². The van der Waals surface area contributed by atoms with E-state index in [1.165, 1.54) is 0 Å². The van der Waals surface area contributed by atoms with Gasteiger partial charge in [-0.15, -0.1) is 0 Å². The van der Waals surface area contributed by atoms with E-state index >= 15 is 0 Å². The van der Waals surface area contributed by atoms with E-state index in [2.05, 4.69) is 31.2 Å². The van der Waals surface area contributed by atoms with E-state index < -0.39 is 5.54 Å². The maximum atomic E-state index is 12.5. The quantitative estimate of drug-likeness (QED) is 0.831. The van der Waals surface area contributed by atoms with Crippen LogP contribution in [0.3, 0.4) is 0 Å². The van der Waals surface area contributed by atoms with Gasteiger partial charge in [-0.1, -0.05) is 25.7 Å². The number of carbonyl (C=O) groups is 1. The third kappa shape index (κ3) is 4.67. The number of nitrogens with one attached hydrogen (secondary N) is 1. The molecule has 1 saturated heterocycles. The van der Waals surface area contributed by atoms with Crippen molar-refractivity contribution in [1.82, 2.24) is 20.2 Å². The zero-order chi connectivity index (χ0) is 17.5. The Kier molecular flexibility index (Phi) is 5.82. The van der Waals surface area contributed by atoms with Crippen LogP contribution in [-0.4, -0.2) is 59.0 Å². The Morgan fingerprint density at radius 2 is 1.76 bits per heavy atom. The van der Waals surface area contributed by atoms with Crippen LogP contribution in [0.2, 0.25) is 0 Å². The normalized spacial score (nSPS) is 21.2. The largest absolute Gasteiger partial charge is 0.338 e. The first-order valence-electron chi connectivity index (χ1n) is 9.17. The molecule has 1 amide bonds. The number of nitrogens with zero attached hydrogens (tertiary/aromatic N) is 5. The highest BCUT2D eigenvalue weighted by Crippen LogP contribution is 2.26. The average molecular weight is 342 g/mol. The molecule has 0 radical (unpaired) electrons. The zero-order valence-electron chi connectivity index (χ0n) is 14.7. The van der Waals surface area contributed by atoms with Crippen molar-refractivity contribution >= 4 is 11.9 Å². The summed E-state index contributed by atoms with van der Waals surface area (Å²) in [7, 11) is 0. The summed E-state index contributed by atoms with van der Waals surface area (Å²) in [5.41, 5.74) is -0.659. The second kappa shape index (κ2) is 8.26. The SMILES string of the molecule is N#CC1(NC(=O)CN2CCN(c3ncccn3)CC2)CCCCCC1. The lowest BCUT2D eigenvalue weighted by Crippen LogP contribution is -2.53. The molecule has 0 aromatic carbocycles. The summed E-state index contributed by atoms with van der Waals surface area (Å²) in [6.45, 7) is 3.56. The molecule has 0 unspecified atom stereocenters. The second-order valence-corrected chi connectivity index (χ2v) is 6.97. The van der Waals surface area contributed by atoms with E-state index in [0.717, 1.165) is 70.7 Å². The van der Waals surface area contributed by atoms with Crippen molar-refractivity contribution in [2.75, 3.05) is 37.6 Å². The molecule has 0 spiro atoms. The average Bonchev–Trinajstić information content (AvgIpc) is 2.89. The van der Waals surface area contributed by atoms with Gasteiger partial charge in [0.25, 0.3) is 0 Å². The molecule has 0 atom stereocenters. The van der Waals surface area contributed by atoms with Crippen molar-refractivity contribution in [3.8, 4) is 6.07 Å². The van der Waals surface area contributed by atoms with Crippen molar-refractivity contribution in [2.45, 2.75) is 44.1 Å². The zero-order valence-corrected chi connectivity index (χ0v) is 14.7. The molecule has 0 bridgehead atoms. The Bertz CT molecular complexity index is 598. The molecule has 2 fully saturated rings. The van der Waals surface area contributed by atoms with Gasteiger partial charge in [-0.25, -0.2) is 9.97 Å². The summed E-state index contributed by atoms with van der Waals surface area (Å²) in [5.74, 6) is 0.710. The lowest BCUT2D eigenvalue weighted by atomic mass is 9.92. The Balaban J connectivity index is 1.48. The fraction of sp³-hybridized carbons (Fsp3) is 0.667. The Morgan fingerprint density at radius 3 is 2.36 bits per heavy atom. The molecule has 1 aromatic heterocycles. The molecule has 7 nitrogen and oxygen atoms in total. The molecule has 2 heterocycles. The van der Waals surface area contributed by atoms with Gasteiger partial charge in [0.15, 0.2) is 0 Å². The van der Waals surface area contributed by atoms with Crippen LogP contribution >= 0.6 is 0 Å². The summed E-state index contributed by atoms with van der Waals surface area (Å²) in [6.07, 6.45) is 9.38. The highest BCUT2D eigenvalue weighted by atomic mass is 16.2. The third-order valence-corrected chi connectivity index (χ3v) is 5.12. The number of amides is 1. The molecular weight excluding hydrogens is 316 g/mol. The number of hydrogen-bond acceptors (Lipinski definition) is 6. The number of carbonyl (C=O) groups excluding carboxylic acids is 1. The van der Waals surface area contributed by atoms with Crippen molar-refractivity contribution < 1.29 is 4.79 Å². The first kappa shape index (κ1) is 17.6. The standard InChI is InChI=1S/C18H26N6O/c19-15-18(6-3-1-2-4-7-18)22-16(25)14-23-10-12-24(13-11-23)17-20-8-5-9-21-17/h5,8-9H,1-4,6-7,10-14H2,(H,22,25). The fourth-order valence-corrected chi connectivity index (χ4v) is 3.67. The van der Waals surface area contributed by atoms with Crippen LogP contribution in [0.1, 0.15) is 38.5 Å². The summed E-state index contributed by atoms with van der Waals surface area (Å²) in [4.78, 5) is 25.3. The van der Waals surface area contributed by atoms with E-state index in [1.54, 1.807) is 12.4 Å². The molecular formula is C18H26N6O. The van der Waals surface area contributed by atoms with Gasteiger partial charge in [-0.3, -0.25) is 9.69 Å². The van der Waals surface area contributed by atoms with E-state index in [-0.39, 0.29) is 5.91 Å². The second-order valence-electron chi connectivity index (χ2n) is 6.97. The van der Waals surface area contributed by atoms with Gasteiger partial charge in [0.1, 0.15) is 5.54 Å². The molecule has 1 aliphatic carbocycles. The lowest BCUT2D eigenvalue weighted by molar-refractivity contribution is -0.123. The topological polar surface area (TPSA) is 85.2 Å². The van der Waals surface area contributed by atoms with Crippen molar-refractivity contribution in [2.24, 2.45) is 0 Å². The van der Waals surface area contributed by atoms with Crippen LogP contribution in [0.5, 0.6) is 0 Å². The Labute approximate surface area is 149 Å². The van der Waals surface area contributed by atoms with E-state index in [4.69, 9.17) is 0 Å². The highest BCUT2D eigenvalue weighted by Gasteiger charge is 2.33. The summed E-state index contributed by atoms with van der Waals surface area (Å²) < 4.78 is 0. The van der Waals surface area contributed by atoms with Crippen molar-refractivity contribution in [3.05, 3.63) is 18.5 Å².